The maximum atomic E-state index is 13.2. The fourth-order valence-corrected chi connectivity index (χ4v) is 1.43. The summed E-state index contributed by atoms with van der Waals surface area (Å²) in [5.74, 6) is 0.0864. The van der Waals surface area contributed by atoms with E-state index in [1.807, 2.05) is 19.9 Å². The lowest BCUT2D eigenvalue weighted by Gasteiger charge is -1.97. The summed E-state index contributed by atoms with van der Waals surface area (Å²) < 4.78 is 18.1. The summed E-state index contributed by atoms with van der Waals surface area (Å²) in [5, 5.41) is 6.66. The van der Waals surface area contributed by atoms with Gasteiger partial charge in [0.2, 0.25) is 5.82 Å². The third kappa shape index (κ3) is 2.18. The molecule has 0 amide bonds. The van der Waals surface area contributed by atoms with Crippen LogP contribution < -0.4 is 5.32 Å². The zero-order valence-electron chi connectivity index (χ0n) is 9.12. The number of halogens is 1. The van der Waals surface area contributed by atoms with Crippen LogP contribution in [0.25, 0.3) is 11.4 Å². The minimum Gasteiger partial charge on any atom is -0.338 e. The van der Waals surface area contributed by atoms with Crippen LogP contribution in [0.4, 0.5) is 10.4 Å². The molecule has 0 aliphatic carbocycles. The Morgan fingerprint density at radius 1 is 1.38 bits per heavy atom. The van der Waals surface area contributed by atoms with Crippen molar-refractivity contribution in [2.75, 3.05) is 11.9 Å². The van der Waals surface area contributed by atoms with Crippen molar-refractivity contribution in [3.8, 4) is 11.4 Å². The number of benzene rings is 1. The quantitative estimate of drug-likeness (QED) is 0.865. The lowest BCUT2D eigenvalue weighted by molar-refractivity contribution is 0.432. The van der Waals surface area contributed by atoms with Gasteiger partial charge in [-0.15, -0.1) is 0 Å². The van der Waals surface area contributed by atoms with Crippen LogP contribution in [-0.4, -0.2) is 16.7 Å². The first-order valence-electron chi connectivity index (χ1n) is 5.04. The molecule has 2 rings (SSSR count). The van der Waals surface area contributed by atoms with Crippen molar-refractivity contribution in [3.63, 3.8) is 0 Å². The number of aryl methyl sites for hydroxylation is 1. The molecular formula is C11H12FN3O. The Morgan fingerprint density at radius 3 is 2.88 bits per heavy atom. The third-order valence-corrected chi connectivity index (χ3v) is 2.05. The molecule has 0 saturated heterocycles. The average molecular weight is 221 g/mol. The monoisotopic (exact) mass is 221 g/mol. The van der Waals surface area contributed by atoms with Crippen molar-refractivity contribution >= 4 is 6.01 Å². The molecule has 0 saturated carbocycles. The molecule has 0 bridgehead atoms. The van der Waals surface area contributed by atoms with E-state index < -0.39 is 0 Å². The largest absolute Gasteiger partial charge is 0.338 e. The molecule has 4 nitrogen and oxygen atoms in total. The number of anilines is 1. The van der Waals surface area contributed by atoms with Gasteiger partial charge < -0.3 is 9.84 Å². The molecule has 0 aliphatic rings. The minimum absolute atomic E-state index is 0.301. The van der Waals surface area contributed by atoms with Gasteiger partial charge in [-0.3, -0.25) is 0 Å². The summed E-state index contributed by atoms with van der Waals surface area (Å²) in [4.78, 5) is 4.10. The second kappa shape index (κ2) is 4.30. The van der Waals surface area contributed by atoms with E-state index in [0.717, 1.165) is 5.56 Å². The van der Waals surface area contributed by atoms with Crippen LogP contribution in [0.15, 0.2) is 22.7 Å². The van der Waals surface area contributed by atoms with Crippen LogP contribution in [0.1, 0.15) is 12.5 Å². The van der Waals surface area contributed by atoms with Crippen LogP contribution in [0.5, 0.6) is 0 Å². The molecule has 1 aromatic heterocycles. The Labute approximate surface area is 92.5 Å². The molecule has 0 atom stereocenters. The Kier molecular flexibility index (Phi) is 2.85. The maximum absolute atomic E-state index is 13.2. The molecule has 2 aromatic rings. The molecule has 0 fully saturated rings. The second-order valence-corrected chi connectivity index (χ2v) is 3.47. The van der Waals surface area contributed by atoms with Gasteiger partial charge in [0, 0.05) is 12.1 Å². The number of hydrogen-bond acceptors (Lipinski definition) is 4. The Bertz CT molecular complexity index is 475. The van der Waals surface area contributed by atoms with Gasteiger partial charge in [-0.1, -0.05) is 5.16 Å². The van der Waals surface area contributed by atoms with Gasteiger partial charge in [0.1, 0.15) is 5.82 Å². The first-order valence-corrected chi connectivity index (χ1v) is 5.04. The number of hydrogen-bond donors (Lipinski definition) is 1. The highest BCUT2D eigenvalue weighted by Gasteiger charge is 2.09. The van der Waals surface area contributed by atoms with Gasteiger partial charge in [-0.25, -0.2) is 4.39 Å². The van der Waals surface area contributed by atoms with Gasteiger partial charge in [0.25, 0.3) is 0 Å². The average Bonchev–Trinajstić information content (AvgIpc) is 2.65. The fourth-order valence-electron chi connectivity index (χ4n) is 1.43. The van der Waals surface area contributed by atoms with Crippen molar-refractivity contribution in [1.82, 2.24) is 10.1 Å². The Hall–Kier alpha value is -1.91. The summed E-state index contributed by atoms with van der Waals surface area (Å²) in [6, 6.07) is 4.99. The van der Waals surface area contributed by atoms with E-state index >= 15 is 0 Å². The normalized spacial score (nSPS) is 10.4. The minimum atomic E-state index is -0.301. The zero-order chi connectivity index (χ0) is 11.5. The van der Waals surface area contributed by atoms with Crippen molar-refractivity contribution in [2.45, 2.75) is 13.8 Å². The molecule has 0 aliphatic heterocycles. The van der Waals surface area contributed by atoms with Crippen molar-refractivity contribution < 1.29 is 8.91 Å². The standard InChI is InChI=1S/C11H12FN3O/c1-3-13-11-14-10(15-16-11)8-4-7(2)5-9(12)6-8/h4-6H,3H2,1-2H3,(H,13,14,15). The summed E-state index contributed by atoms with van der Waals surface area (Å²) in [7, 11) is 0. The highest BCUT2D eigenvalue weighted by Crippen LogP contribution is 2.20. The van der Waals surface area contributed by atoms with Gasteiger partial charge in [0.05, 0.1) is 0 Å². The van der Waals surface area contributed by atoms with Crippen LogP contribution in [0.2, 0.25) is 0 Å². The van der Waals surface area contributed by atoms with E-state index in [-0.39, 0.29) is 5.82 Å². The topological polar surface area (TPSA) is 51.0 Å². The molecule has 0 radical (unpaired) electrons. The highest BCUT2D eigenvalue weighted by atomic mass is 19.1. The lowest BCUT2D eigenvalue weighted by atomic mass is 10.1. The van der Waals surface area contributed by atoms with Crippen LogP contribution in [0, 0.1) is 12.7 Å². The van der Waals surface area contributed by atoms with E-state index in [4.69, 9.17) is 4.52 Å². The number of nitrogens with zero attached hydrogens (tertiary/aromatic N) is 2. The van der Waals surface area contributed by atoms with Crippen LogP contribution in [0.3, 0.4) is 0 Å². The predicted octanol–water partition coefficient (Wildman–Crippen LogP) is 2.62. The van der Waals surface area contributed by atoms with Crippen LogP contribution >= 0.6 is 0 Å². The number of aromatic nitrogens is 2. The SMILES string of the molecule is CCNc1nc(-c2cc(C)cc(F)c2)no1. The first-order chi connectivity index (χ1) is 7.69. The van der Waals surface area contributed by atoms with Gasteiger partial charge in [-0.2, -0.15) is 4.98 Å². The zero-order valence-corrected chi connectivity index (χ0v) is 9.12. The van der Waals surface area contributed by atoms with Crippen molar-refractivity contribution in [2.24, 2.45) is 0 Å². The molecule has 0 spiro atoms. The van der Waals surface area contributed by atoms with Gasteiger partial charge >= 0.3 is 6.01 Å². The van der Waals surface area contributed by atoms with Crippen molar-refractivity contribution in [3.05, 3.63) is 29.6 Å². The Morgan fingerprint density at radius 2 is 2.19 bits per heavy atom. The van der Waals surface area contributed by atoms with E-state index in [1.165, 1.54) is 12.1 Å². The van der Waals surface area contributed by atoms with E-state index in [1.54, 1.807) is 0 Å². The summed E-state index contributed by atoms with van der Waals surface area (Å²) >= 11 is 0. The van der Waals surface area contributed by atoms with Crippen molar-refractivity contribution in [1.29, 1.82) is 0 Å². The molecule has 1 heterocycles. The van der Waals surface area contributed by atoms with Crippen LogP contribution in [-0.2, 0) is 0 Å². The van der Waals surface area contributed by atoms with E-state index in [0.29, 0.717) is 23.9 Å². The maximum Gasteiger partial charge on any atom is 0.321 e. The summed E-state index contributed by atoms with van der Waals surface area (Å²) in [6.45, 7) is 4.44. The Balaban J connectivity index is 2.34. The number of nitrogens with one attached hydrogen (secondary N) is 1. The molecule has 16 heavy (non-hydrogen) atoms. The molecule has 1 aromatic carbocycles. The molecule has 0 unspecified atom stereocenters. The number of rotatable bonds is 3. The second-order valence-electron chi connectivity index (χ2n) is 3.47. The fraction of sp³-hybridized carbons (Fsp3) is 0.273. The predicted molar refractivity (Wildman–Crippen MR) is 58.6 cm³/mol. The third-order valence-electron chi connectivity index (χ3n) is 2.05. The van der Waals surface area contributed by atoms with Gasteiger partial charge in [-0.05, 0) is 37.6 Å². The molecular weight excluding hydrogens is 209 g/mol. The van der Waals surface area contributed by atoms with E-state index in [2.05, 4.69) is 15.5 Å². The first kappa shape index (κ1) is 10.6. The molecule has 84 valence electrons. The summed E-state index contributed by atoms with van der Waals surface area (Å²) in [6.07, 6.45) is 0. The molecule has 1 N–H and O–H groups in total. The van der Waals surface area contributed by atoms with E-state index in [9.17, 15) is 4.39 Å². The smallest absolute Gasteiger partial charge is 0.321 e. The summed E-state index contributed by atoms with van der Waals surface area (Å²) in [5.41, 5.74) is 1.44. The lowest BCUT2D eigenvalue weighted by Crippen LogP contribution is -1.95. The molecule has 5 heteroatoms. The highest BCUT2D eigenvalue weighted by molar-refractivity contribution is 5.56. The van der Waals surface area contributed by atoms with Gasteiger partial charge in [0.15, 0.2) is 0 Å².